The quantitative estimate of drug-likeness (QED) is 0.884. The summed E-state index contributed by atoms with van der Waals surface area (Å²) in [5.41, 5.74) is 0.322. The van der Waals surface area contributed by atoms with E-state index in [0.717, 1.165) is 0 Å². The van der Waals surface area contributed by atoms with E-state index in [0.29, 0.717) is 18.7 Å². The molecule has 2 rings (SSSR count). The first-order chi connectivity index (χ1) is 8.45. The van der Waals surface area contributed by atoms with Crippen molar-refractivity contribution >= 4 is 21.7 Å². The van der Waals surface area contributed by atoms with Crippen LogP contribution in [0.1, 0.15) is 16.8 Å². The number of methoxy groups -OCH3 is 1. The molecule has 0 atom stereocenters. The Bertz CT molecular complexity index is 581. The normalized spacial score (nSPS) is 17.7. The number of carboxylic acids is 1. The zero-order valence-corrected chi connectivity index (χ0v) is 10.6. The number of carboxylic acid groups (broad SMARTS) is 1. The van der Waals surface area contributed by atoms with Gasteiger partial charge in [0.05, 0.1) is 24.1 Å². The van der Waals surface area contributed by atoms with Crippen LogP contribution in [-0.2, 0) is 10.0 Å². The highest BCUT2D eigenvalue weighted by Crippen LogP contribution is 2.33. The molecule has 6 nitrogen and oxygen atoms in total. The molecule has 0 aromatic heterocycles. The maximum atomic E-state index is 11.8. The molecule has 0 saturated carbocycles. The van der Waals surface area contributed by atoms with Gasteiger partial charge in [0, 0.05) is 6.54 Å². The number of carbonyl (C=O) groups is 1. The summed E-state index contributed by atoms with van der Waals surface area (Å²) in [6.07, 6.45) is 0.531. The molecule has 1 aliphatic heterocycles. The minimum Gasteiger partial charge on any atom is -0.495 e. The van der Waals surface area contributed by atoms with Gasteiger partial charge in [-0.1, -0.05) is 0 Å². The average Bonchev–Trinajstić information content (AvgIpc) is 2.67. The lowest BCUT2D eigenvalue weighted by Crippen LogP contribution is -2.25. The Morgan fingerprint density at radius 3 is 2.67 bits per heavy atom. The van der Waals surface area contributed by atoms with Crippen molar-refractivity contribution in [2.75, 3.05) is 23.7 Å². The molecule has 1 fully saturated rings. The molecule has 1 saturated heterocycles. The van der Waals surface area contributed by atoms with Crippen LogP contribution in [0.5, 0.6) is 5.75 Å². The monoisotopic (exact) mass is 271 g/mol. The van der Waals surface area contributed by atoms with Gasteiger partial charge >= 0.3 is 5.97 Å². The van der Waals surface area contributed by atoms with Gasteiger partial charge in [0.25, 0.3) is 0 Å². The van der Waals surface area contributed by atoms with Gasteiger partial charge in [0.1, 0.15) is 5.75 Å². The minimum absolute atomic E-state index is 0.0351. The molecule has 0 amide bonds. The zero-order valence-electron chi connectivity index (χ0n) is 9.79. The Labute approximate surface area is 105 Å². The molecule has 0 aliphatic carbocycles. The fourth-order valence-corrected chi connectivity index (χ4v) is 3.49. The standard InChI is InChI=1S/C11H13NO5S/c1-17-10-4-3-8(11(13)14)7-9(10)12-5-2-6-18(12,15)16/h3-4,7H,2,5-6H2,1H3,(H,13,14). The van der Waals surface area contributed by atoms with Crippen molar-refractivity contribution in [3.05, 3.63) is 23.8 Å². The number of hydrogen-bond acceptors (Lipinski definition) is 4. The highest BCUT2D eigenvalue weighted by molar-refractivity contribution is 7.93. The van der Waals surface area contributed by atoms with E-state index >= 15 is 0 Å². The van der Waals surface area contributed by atoms with Crippen LogP contribution in [0.4, 0.5) is 5.69 Å². The first-order valence-corrected chi connectivity index (χ1v) is 6.98. The number of anilines is 1. The largest absolute Gasteiger partial charge is 0.495 e. The van der Waals surface area contributed by atoms with Crippen LogP contribution >= 0.6 is 0 Å². The van der Waals surface area contributed by atoms with E-state index in [1.54, 1.807) is 0 Å². The number of sulfonamides is 1. The molecule has 98 valence electrons. The molecule has 0 bridgehead atoms. The molecule has 1 aromatic carbocycles. The second-order valence-corrected chi connectivity index (χ2v) is 5.95. The molecule has 1 N–H and O–H groups in total. The third-order valence-electron chi connectivity index (χ3n) is 2.79. The highest BCUT2D eigenvalue weighted by atomic mass is 32.2. The van der Waals surface area contributed by atoms with Gasteiger partial charge in [-0.2, -0.15) is 0 Å². The third-order valence-corrected chi connectivity index (χ3v) is 4.65. The summed E-state index contributed by atoms with van der Waals surface area (Å²) in [5, 5.41) is 8.94. The van der Waals surface area contributed by atoms with E-state index in [-0.39, 0.29) is 17.0 Å². The lowest BCUT2D eigenvalue weighted by Gasteiger charge is -2.20. The molecule has 1 aliphatic rings. The number of nitrogens with zero attached hydrogens (tertiary/aromatic N) is 1. The van der Waals surface area contributed by atoms with Crippen molar-refractivity contribution in [1.82, 2.24) is 0 Å². The predicted octanol–water partition coefficient (Wildman–Crippen LogP) is 0.933. The molecule has 1 aromatic rings. The lowest BCUT2D eigenvalue weighted by atomic mass is 10.2. The summed E-state index contributed by atoms with van der Waals surface area (Å²) in [5.74, 6) is -0.672. The van der Waals surface area contributed by atoms with E-state index in [2.05, 4.69) is 0 Å². The van der Waals surface area contributed by atoms with Crippen LogP contribution in [0.2, 0.25) is 0 Å². The van der Waals surface area contributed by atoms with Gasteiger partial charge in [-0.15, -0.1) is 0 Å². The van der Waals surface area contributed by atoms with Gasteiger partial charge in [0.2, 0.25) is 10.0 Å². The minimum atomic E-state index is -3.35. The van der Waals surface area contributed by atoms with Crippen LogP contribution < -0.4 is 9.04 Å². The van der Waals surface area contributed by atoms with Crippen LogP contribution in [-0.4, -0.2) is 38.9 Å². The van der Waals surface area contributed by atoms with Gasteiger partial charge in [-0.3, -0.25) is 4.31 Å². The third kappa shape index (κ3) is 2.13. The zero-order chi connectivity index (χ0) is 13.3. The van der Waals surface area contributed by atoms with Gasteiger partial charge in [-0.25, -0.2) is 13.2 Å². The van der Waals surface area contributed by atoms with Crippen molar-refractivity contribution in [2.45, 2.75) is 6.42 Å². The number of ether oxygens (including phenoxy) is 1. The summed E-state index contributed by atoms with van der Waals surface area (Å²) in [7, 11) is -1.94. The molecule has 1 heterocycles. The summed E-state index contributed by atoms with van der Waals surface area (Å²) in [6, 6.07) is 4.17. The summed E-state index contributed by atoms with van der Waals surface area (Å²) < 4.78 is 30.0. The molecule has 7 heteroatoms. The Kier molecular flexibility index (Phi) is 3.16. The fraction of sp³-hybridized carbons (Fsp3) is 0.364. The van der Waals surface area contributed by atoms with Gasteiger partial charge in [0.15, 0.2) is 0 Å². The van der Waals surface area contributed by atoms with Crippen LogP contribution in [0, 0.1) is 0 Å². The molecular weight excluding hydrogens is 258 g/mol. The van der Waals surface area contributed by atoms with Crippen molar-refractivity contribution in [1.29, 1.82) is 0 Å². The van der Waals surface area contributed by atoms with Crippen LogP contribution in [0.3, 0.4) is 0 Å². The number of benzene rings is 1. The van der Waals surface area contributed by atoms with E-state index < -0.39 is 16.0 Å². The van der Waals surface area contributed by atoms with Crippen molar-refractivity contribution < 1.29 is 23.1 Å². The summed E-state index contributed by atoms with van der Waals surface area (Å²) >= 11 is 0. The molecule has 0 radical (unpaired) electrons. The maximum absolute atomic E-state index is 11.8. The molecule has 0 unspecified atom stereocenters. The smallest absolute Gasteiger partial charge is 0.335 e. The van der Waals surface area contributed by atoms with Crippen molar-refractivity contribution in [2.24, 2.45) is 0 Å². The van der Waals surface area contributed by atoms with E-state index in [4.69, 9.17) is 9.84 Å². The number of hydrogen-bond donors (Lipinski definition) is 1. The Balaban J connectivity index is 2.54. The summed E-state index contributed by atoms with van der Waals surface area (Å²) in [4.78, 5) is 10.9. The Morgan fingerprint density at radius 2 is 2.17 bits per heavy atom. The van der Waals surface area contributed by atoms with Crippen LogP contribution in [0.15, 0.2) is 18.2 Å². The maximum Gasteiger partial charge on any atom is 0.335 e. The average molecular weight is 271 g/mol. The topological polar surface area (TPSA) is 83.9 Å². The van der Waals surface area contributed by atoms with Crippen molar-refractivity contribution in [3.63, 3.8) is 0 Å². The molecule has 0 spiro atoms. The molecule has 18 heavy (non-hydrogen) atoms. The Hall–Kier alpha value is -1.76. The first-order valence-electron chi connectivity index (χ1n) is 5.37. The number of rotatable bonds is 3. The van der Waals surface area contributed by atoms with Gasteiger partial charge in [-0.05, 0) is 24.6 Å². The van der Waals surface area contributed by atoms with Crippen LogP contribution in [0.25, 0.3) is 0 Å². The van der Waals surface area contributed by atoms with E-state index in [9.17, 15) is 13.2 Å². The van der Waals surface area contributed by atoms with Crippen molar-refractivity contribution in [3.8, 4) is 5.75 Å². The highest BCUT2D eigenvalue weighted by Gasteiger charge is 2.31. The number of aromatic carboxylic acids is 1. The second-order valence-electron chi connectivity index (χ2n) is 3.93. The predicted molar refractivity (Wildman–Crippen MR) is 65.7 cm³/mol. The second kappa shape index (κ2) is 4.49. The first kappa shape index (κ1) is 12.7. The lowest BCUT2D eigenvalue weighted by molar-refractivity contribution is 0.0697. The Morgan fingerprint density at radius 1 is 1.44 bits per heavy atom. The SMILES string of the molecule is COc1ccc(C(=O)O)cc1N1CCCS1(=O)=O. The fourth-order valence-electron chi connectivity index (χ4n) is 1.93. The van der Waals surface area contributed by atoms with Gasteiger partial charge < -0.3 is 9.84 Å². The van der Waals surface area contributed by atoms with E-state index in [1.807, 2.05) is 0 Å². The molecular formula is C11H13NO5S. The summed E-state index contributed by atoms with van der Waals surface area (Å²) in [6.45, 7) is 0.349. The van der Waals surface area contributed by atoms with E-state index in [1.165, 1.54) is 29.6 Å².